The summed E-state index contributed by atoms with van der Waals surface area (Å²) in [6.07, 6.45) is 0.405. The lowest BCUT2D eigenvalue weighted by molar-refractivity contribution is 0.125. The molecule has 7 heteroatoms. The van der Waals surface area contributed by atoms with Crippen molar-refractivity contribution in [1.29, 1.82) is 0 Å². The lowest BCUT2D eigenvalue weighted by Gasteiger charge is -2.18. The van der Waals surface area contributed by atoms with E-state index in [4.69, 9.17) is 10.4 Å². The van der Waals surface area contributed by atoms with Crippen LogP contribution in [0.25, 0.3) is 0 Å². The number of aliphatic hydroxyl groups excluding tert-OH is 1. The molecule has 1 rings (SSSR count). The molecule has 1 aromatic rings. The van der Waals surface area contributed by atoms with E-state index in [9.17, 15) is 5.11 Å². The maximum Gasteiger partial charge on any atom is 0.366 e. The fourth-order valence-electron chi connectivity index (χ4n) is 1.53. The van der Waals surface area contributed by atoms with E-state index in [0.29, 0.717) is 0 Å². The van der Waals surface area contributed by atoms with Crippen LogP contribution in [-0.2, 0) is 11.1 Å². The van der Waals surface area contributed by atoms with Gasteiger partial charge in [0.2, 0.25) is 0 Å². The van der Waals surface area contributed by atoms with Crippen LogP contribution in [-0.4, -0.2) is 44.0 Å². The molecule has 0 saturated carbocycles. The second-order valence-corrected chi connectivity index (χ2v) is 4.78. The van der Waals surface area contributed by atoms with Crippen molar-refractivity contribution < 1.29 is 9.76 Å². The molecule has 0 bridgehead atoms. The van der Waals surface area contributed by atoms with E-state index in [1.165, 1.54) is 11.3 Å². The second-order valence-electron chi connectivity index (χ2n) is 3.89. The zero-order valence-electron chi connectivity index (χ0n) is 10.2. The van der Waals surface area contributed by atoms with Crippen molar-refractivity contribution in [2.75, 3.05) is 20.3 Å². The summed E-state index contributed by atoms with van der Waals surface area (Å²) >= 11 is 1.51. The number of aromatic nitrogens is 1. The topological polar surface area (TPSA) is 80.4 Å². The minimum atomic E-state index is -0.350. The van der Waals surface area contributed by atoms with Gasteiger partial charge in [-0.25, -0.2) is 0 Å². The normalized spacial score (nSPS) is 14.6. The third-order valence-electron chi connectivity index (χ3n) is 2.47. The highest BCUT2D eigenvalue weighted by Gasteiger charge is 2.16. The van der Waals surface area contributed by atoms with E-state index < -0.39 is 0 Å². The fraction of sp³-hybridized carbons (Fsp3) is 0.700. The lowest BCUT2D eigenvalue weighted by Crippen LogP contribution is -2.30. The van der Waals surface area contributed by atoms with Crippen LogP contribution in [0.4, 0.5) is 0 Å². The van der Waals surface area contributed by atoms with Crippen LogP contribution in [0.15, 0.2) is 5.38 Å². The smallest absolute Gasteiger partial charge is 0.366 e. The minimum Gasteiger partial charge on any atom is -0.419 e. The Labute approximate surface area is 107 Å². The predicted octanol–water partition coefficient (Wildman–Crippen LogP) is -0.921. The Kier molecular flexibility index (Phi) is 6.68. The summed E-state index contributed by atoms with van der Waals surface area (Å²) in [6.45, 7) is 2.73. The van der Waals surface area contributed by atoms with Crippen LogP contribution in [0.2, 0.25) is 0 Å². The lowest BCUT2D eigenvalue weighted by atomic mass is 9.98. The molecule has 1 aromatic heterocycles. The maximum absolute atomic E-state index is 9.64. The number of hydrogen-bond donors (Lipinski definition) is 3. The Morgan fingerprint density at radius 1 is 1.71 bits per heavy atom. The van der Waals surface area contributed by atoms with Gasteiger partial charge < -0.3 is 20.8 Å². The Hall–Kier alpha value is -0.465. The van der Waals surface area contributed by atoms with Crippen LogP contribution < -0.4 is 16.0 Å². The van der Waals surface area contributed by atoms with Gasteiger partial charge in [0.15, 0.2) is 0 Å². The number of nitrogens with two attached hydrogens (primary N) is 1. The first-order valence-corrected chi connectivity index (χ1v) is 6.47. The number of hydrogen-bond acceptors (Lipinski definition) is 6. The number of aliphatic hydroxyl groups is 1. The summed E-state index contributed by atoms with van der Waals surface area (Å²) in [4.78, 5) is 5.20. The molecule has 0 aliphatic carbocycles. The summed E-state index contributed by atoms with van der Waals surface area (Å²) in [7, 11) is 3.44. The van der Waals surface area contributed by atoms with E-state index in [1.807, 2.05) is 12.4 Å². The first-order chi connectivity index (χ1) is 8.17. The van der Waals surface area contributed by atoms with Crippen molar-refractivity contribution in [2.45, 2.75) is 19.4 Å². The Balaban J connectivity index is 2.51. The molecule has 1 heterocycles. The average Bonchev–Trinajstić information content (AvgIpc) is 2.73. The molecule has 0 spiro atoms. The molecule has 17 heavy (non-hydrogen) atoms. The van der Waals surface area contributed by atoms with Gasteiger partial charge in [-0.2, -0.15) is 0 Å². The summed E-state index contributed by atoms with van der Waals surface area (Å²) in [6, 6.07) is 0. The van der Waals surface area contributed by atoms with Gasteiger partial charge in [0, 0.05) is 17.8 Å². The standard InChI is InChI=1S/C10H19BN3O2S/c1-7(15)8(4-13-2)3-9-5-17-10(14-9)11-16-6-12/h5,7-8,13,15H,3-4,6,12H2,1-2H3/t7-,8-/m1/s1. The zero-order chi connectivity index (χ0) is 12.7. The average molecular weight is 256 g/mol. The van der Waals surface area contributed by atoms with E-state index in [1.54, 1.807) is 14.4 Å². The van der Waals surface area contributed by atoms with Gasteiger partial charge >= 0.3 is 7.48 Å². The predicted molar refractivity (Wildman–Crippen MR) is 70.4 cm³/mol. The maximum atomic E-state index is 9.64. The van der Waals surface area contributed by atoms with Gasteiger partial charge in [0.1, 0.15) is 0 Å². The third kappa shape index (κ3) is 5.14. The third-order valence-corrected chi connectivity index (χ3v) is 3.29. The second kappa shape index (κ2) is 7.78. The number of rotatable bonds is 8. The first-order valence-electron chi connectivity index (χ1n) is 5.59. The molecule has 0 amide bonds. The Morgan fingerprint density at radius 2 is 2.47 bits per heavy atom. The molecule has 0 unspecified atom stereocenters. The van der Waals surface area contributed by atoms with Crippen LogP contribution >= 0.6 is 11.3 Å². The van der Waals surface area contributed by atoms with Crippen LogP contribution in [0.5, 0.6) is 0 Å². The summed E-state index contributed by atoms with van der Waals surface area (Å²) in [5.74, 6) is 0.172. The number of nitrogens with zero attached hydrogens (tertiary/aromatic N) is 1. The molecule has 2 atom stereocenters. The molecule has 0 aromatic carbocycles. The molecule has 0 fully saturated rings. The van der Waals surface area contributed by atoms with E-state index in [0.717, 1.165) is 23.6 Å². The van der Waals surface area contributed by atoms with Crippen molar-refractivity contribution in [3.8, 4) is 0 Å². The summed E-state index contributed by atoms with van der Waals surface area (Å²) < 4.78 is 4.97. The van der Waals surface area contributed by atoms with Gasteiger partial charge in [-0.05, 0) is 20.4 Å². The van der Waals surface area contributed by atoms with Crippen LogP contribution in [0, 0.1) is 5.92 Å². The molecule has 5 nitrogen and oxygen atoms in total. The minimum absolute atomic E-state index is 0.158. The molecular weight excluding hydrogens is 237 g/mol. The van der Waals surface area contributed by atoms with E-state index >= 15 is 0 Å². The zero-order valence-corrected chi connectivity index (χ0v) is 11.0. The summed E-state index contributed by atoms with van der Waals surface area (Å²) in [5, 5.41) is 14.7. The molecular formula is C10H19BN3O2S. The van der Waals surface area contributed by atoms with E-state index in [2.05, 4.69) is 10.3 Å². The van der Waals surface area contributed by atoms with Gasteiger partial charge in [-0.3, -0.25) is 4.98 Å². The van der Waals surface area contributed by atoms with Gasteiger partial charge in [-0.1, -0.05) is 0 Å². The van der Waals surface area contributed by atoms with Crippen LogP contribution in [0.3, 0.4) is 0 Å². The van der Waals surface area contributed by atoms with Crippen molar-refractivity contribution in [1.82, 2.24) is 10.3 Å². The highest BCUT2D eigenvalue weighted by Crippen LogP contribution is 2.11. The number of nitrogens with one attached hydrogen (secondary N) is 1. The number of thiazole rings is 1. The first kappa shape index (κ1) is 14.6. The monoisotopic (exact) mass is 256 g/mol. The largest absolute Gasteiger partial charge is 0.419 e. The Bertz CT molecular complexity index is 322. The van der Waals surface area contributed by atoms with Crippen molar-refractivity contribution in [2.24, 2.45) is 11.7 Å². The Morgan fingerprint density at radius 3 is 3.06 bits per heavy atom. The molecule has 4 N–H and O–H groups in total. The van der Waals surface area contributed by atoms with Crippen molar-refractivity contribution in [3.63, 3.8) is 0 Å². The van der Waals surface area contributed by atoms with Crippen molar-refractivity contribution >= 4 is 23.7 Å². The van der Waals surface area contributed by atoms with Gasteiger partial charge in [0.05, 0.1) is 23.4 Å². The van der Waals surface area contributed by atoms with Gasteiger partial charge in [-0.15, -0.1) is 11.3 Å². The fourth-order valence-corrected chi connectivity index (χ4v) is 2.23. The highest BCUT2D eigenvalue weighted by atomic mass is 32.1. The molecule has 95 valence electrons. The summed E-state index contributed by atoms with van der Waals surface area (Å²) in [5.41, 5.74) is 6.20. The van der Waals surface area contributed by atoms with Gasteiger partial charge in [0.25, 0.3) is 0 Å². The van der Waals surface area contributed by atoms with E-state index in [-0.39, 0.29) is 18.8 Å². The quantitative estimate of drug-likeness (QED) is 0.414. The molecule has 0 aliphatic rings. The molecule has 1 radical (unpaired) electrons. The highest BCUT2D eigenvalue weighted by molar-refractivity contribution is 7.18. The SMILES string of the molecule is CNC[C@@H](Cc1csc([B]OCN)n1)[C@@H](C)O. The molecule has 0 aliphatic heterocycles. The van der Waals surface area contributed by atoms with Crippen LogP contribution in [0.1, 0.15) is 12.6 Å². The van der Waals surface area contributed by atoms with Crippen molar-refractivity contribution in [3.05, 3.63) is 11.1 Å². The molecule has 0 saturated heterocycles.